The third kappa shape index (κ3) is 1.45. The first-order chi connectivity index (χ1) is 7.91. The number of rotatable bonds is 2. The molecule has 0 aromatic heterocycles. The highest BCUT2D eigenvalue weighted by atomic mass is 16.6. The highest BCUT2D eigenvalue weighted by Crippen LogP contribution is 2.49. The molecule has 1 heterocycles. The molecule has 1 aromatic rings. The van der Waals surface area contributed by atoms with Crippen molar-refractivity contribution < 1.29 is 14.6 Å². The van der Waals surface area contributed by atoms with E-state index in [4.69, 9.17) is 4.74 Å². The van der Waals surface area contributed by atoms with Crippen LogP contribution in [0.2, 0.25) is 0 Å². The lowest BCUT2D eigenvalue weighted by atomic mass is 9.75. The van der Waals surface area contributed by atoms with Gasteiger partial charge in [0.2, 0.25) is 0 Å². The Morgan fingerprint density at radius 3 is 2.29 bits per heavy atom. The van der Waals surface area contributed by atoms with E-state index in [0.717, 1.165) is 5.56 Å². The van der Waals surface area contributed by atoms with Crippen LogP contribution in [0.3, 0.4) is 0 Å². The standard InChI is InChI=1S/C14H18O3/c1-8(2)14(9(3)4)10-6-5-7-11(15)12(10)13(16)17-14/h5-9,15H,1-4H3. The number of esters is 1. The Bertz CT molecular complexity index is 453. The van der Waals surface area contributed by atoms with E-state index in [1.165, 1.54) is 6.07 Å². The van der Waals surface area contributed by atoms with Gasteiger partial charge in [-0.25, -0.2) is 4.79 Å². The van der Waals surface area contributed by atoms with E-state index < -0.39 is 11.6 Å². The molecule has 0 fully saturated rings. The topological polar surface area (TPSA) is 46.5 Å². The second-order valence-electron chi connectivity index (χ2n) is 5.19. The minimum absolute atomic E-state index is 0.00988. The molecule has 1 aromatic carbocycles. The number of fused-ring (bicyclic) bond motifs is 1. The number of carbonyl (C=O) groups excluding carboxylic acids is 1. The van der Waals surface area contributed by atoms with Gasteiger partial charge in [0.25, 0.3) is 0 Å². The molecular formula is C14H18O3. The zero-order chi connectivity index (χ0) is 12.8. The molecule has 3 nitrogen and oxygen atoms in total. The fourth-order valence-electron chi connectivity index (χ4n) is 2.86. The second-order valence-corrected chi connectivity index (χ2v) is 5.19. The first-order valence-electron chi connectivity index (χ1n) is 5.97. The van der Waals surface area contributed by atoms with Crippen molar-refractivity contribution in [2.24, 2.45) is 11.8 Å². The first-order valence-corrected chi connectivity index (χ1v) is 5.97. The minimum Gasteiger partial charge on any atom is -0.507 e. The van der Waals surface area contributed by atoms with Crippen LogP contribution in [0.5, 0.6) is 5.75 Å². The van der Waals surface area contributed by atoms with Gasteiger partial charge in [-0.05, 0) is 17.9 Å². The van der Waals surface area contributed by atoms with Gasteiger partial charge in [0, 0.05) is 5.56 Å². The number of ether oxygens (including phenoxy) is 1. The highest BCUT2D eigenvalue weighted by molar-refractivity contribution is 5.97. The fraction of sp³-hybridized carbons (Fsp3) is 0.500. The summed E-state index contributed by atoms with van der Waals surface area (Å²) in [6.07, 6.45) is 0. The van der Waals surface area contributed by atoms with E-state index in [2.05, 4.69) is 0 Å². The summed E-state index contributed by atoms with van der Waals surface area (Å²) in [6, 6.07) is 5.16. The summed E-state index contributed by atoms with van der Waals surface area (Å²) in [5.74, 6) is -0.0832. The van der Waals surface area contributed by atoms with Crippen LogP contribution in [-0.2, 0) is 10.3 Å². The third-order valence-corrected chi connectivity index (χ3v) is 3.64. The molecule has 92 valence electrons. The van der Waals surface area contributed by atoms with Crippen molar-refractivity contribution in [1.29, 1.82) is 0 Å². The molecule has 0 saturated heterocycles. The minimum atomic E-state index is -0.620. The van der Waals surface area contributed by atoms with E-state index in [-0.39, 0.29) is 17.6 Å². The summed E-state index contributed by atoms with van der Waals surface area (Å²) in [4.78, 5) is 11.9. The van der Waals surface area contributed by atoms with Crippen LogP contribution < -0.4 is 0 Å². The number of hydrogen-bond donors (Lipinski definition) is 1. The quantitative estimate of drug-likeness (QED) is 0.800. The molecule has 0 spiro atoms. The molecule has 0 aliphatic carbocycles. The largest absolute Gasteiger partial charge is 0.507 e. The van der Waals surface area contributed by atoms with Gasteiger partial charge < -0.3 is 9.84 Å². The number of aromatic hydroxyl groups is 1. The predicted molar refractivity (Wildman–Crippen MR) is 64.9 cm³/mol. The monoisotopic (exact) mass is 234 g/mol. The molecule has 2 rings (SSSR count). The van der Waals surface area contributed by atoms with Crippen molar-refractivity contribution in [2.75, 3.05) is 0 Å². The summed E-state index contributed by atoms with van der Waals surface area (Å²) >= 11 is 0. The number of cyclic esters (lactones) is 1. The lowest BCUT2D eigenvalue weighted by molar-refractivity contribution is -0.0641. The molecule has 0 unspecified atom stereocenters. The summed E-state index contributed by atoms with van der Waals surface area (Å²) in [7, 11) is 0. The number of benzene rings is 1. The van der Waals surface area contributed by atoms with E-state index >= 15 is 0 Å². The molecule has 0 amide bonds. The van der Waals surface area contributed by atoms with E-state index in [1.807, 2.05) is 33.8 Å². The molecule has 1 N–H and O–H groups in total. The van der Waals surface area contributed by atoms with Crippen LogP contribution >= 0.6 is 0 Å². The summed E-state index contributed by atoms with van der Waals surface area (Å²) < 4.78 is 5.62. The molecule has 3 heteroatoms. The Balaban J connectivity index is 2.71. The molecule has 0 radical (unpaired) electrons. The molecule has 17 heavy (non-hydrogen) atoms. The van der Waals surface area contributed by atoms with Gasteiger partial charge in [0.05, 0.1) is 0 Å². The lowest BCUT2D eigenvalue weighted by Gasteiger charge is -2.36. The van der Waals surface area contributed by atoms with E-state index in [9.17, 15) is 9.90 Å². The molecule has 1 aliphatic rings. The summed E-state index contributed by atoms with van der Waals surface area (Å²) in [5.41, 5.74) is 0.521. The van der Waals surface area contributed by atoms with Crippen molar-refractivity contribution in [1.82, 2.24) is 0 Å². The van der Waals surface area contributed by atoms with Crippen LogP contribution in [0.1, 0.15) is 43.6 Å². The third-order valence-electron chi connectivity index (χ3n) is 3.64. The molecule has 0 bridgehead atoms. The highest BCUT2D eigenvalue weighted by Gasteiger charge is 2.51. The Morgan fingerprint density at radius 1 is 1.18 bits per heavy atom. The van der Waals surface area contributed by atoms with Crippen LogP contribution in [0, 0.1) is 11.8 Å². The molecule has 0 atom stereocenters. The van der Waals surface area contributed by atoms with Crippen LogP contribution in [0.25, 0.3) is 0 Å². The Labute approximate surface area is 101 Å². The van der Waals surface area contributed by atoms with Crippen LogP contribution in [0.4, 0.5) is 0 Å². The van der Waals surface area contributed by atoms with E-state index in [1.54, 1.807) is 6.07 Å². The van der Waals surface area contributed by atoms with Crippen LogP contribution in [-0.4, -0.2) is 11.1 Å². The Hall–Kier alpha value is -1.51. The maximum atomic E-state index is 11.9. The molecule has 0 saturated carbocycles. The van der Waals surface area contributed by atoms with Crippen molar-refractivity contribution in [3.05, 3.63) is 29.3 Å². The Kier molecular flexibility index (Phi) is 2.64. The van der Waals surface area contributed by atoms with Crippen molar-refractivity contribution in [3.63, 3.8) is 0 Å². The van der Waals surface area contributed by atoms with Gasteiger partial charge in [0.1, 0.15) is 16.9 Å². The molecular weight excluding hydrogens is 216 g/mol. The van der Waals surface area contributed by atoms with E-state index in [0.29, 0.717) is 5.56 Å². The van der Waals surface area contributed by atoms with Gasteiger partial charge >= 0.3 is 5.97 Å². The number of carbonyl (C=O) groups is 1. The van der Waals surface area contributed by atoms with Crippen molar-refractivity contribution >= 4 is 5.97 Å². The number of hydrogen-bond acceptors (Lipinski definition) is 3. The first kappa shape index (κ1) is 12.0. The predicted octanol–water partition coefficient (Wildman–Crippen LogP) is 3.07. The summed E-state index contributed by atoms with van der Waals surface area (Å²) in [5, 5.41) is 9.80. The maximum Gasteiger partial charge on any atom is 0.343 e. The van der Waals surface area contributed by atoms with Crippen LogP contribution in [0.15, 0.2) is 18.2 Å². The molecule has 1 aliphatic heterocycles. The average Bonchev–Trinajstić information content (AvgIpc) is 2.54. The zero-order valence-corrected chi connectivity index (χ0v) is 10.7. The van der Waals surface area contributed by atoms with Gasteiger partial charge in [-0.3, -0.25) is 0 Å². The maximum absolute atomic E-state index is 11.9. The second kappa shape index (κ2) is 3.76. The Morgan fingerprint density at radius 2 is 1.76 bits per heavy atom. The lowest BCUT2D eigenvalue weighted by Crippen LogP contribution is -2.38. The summed E-state index contributed by atoms with van der Waals surface area (Å²) in [6.45, 7) is 8.14. The smallest absolute Gasteiger partial charge is 0.343 e. The zero-order valence-electron chi connectivity index (χ0n) is 10.7. The number of phenolic OH excluding ortho intramolecular Hbond substituents is 1. The number of phenols is 1. The van der Waals surface area contributed by atoms with Crippen molar-refractivity contribution in [2.45, 2.75) is 33.3 Å². The normalized spacial score (nSPS) is 17.4. The van der Waals surface area contributed by atoms with Gasteiger partial charge in [-0.1, -0.05) is 39.8 Å². The van der Waals surface area contributed by atoms with Gasteiger partial charge in [-0.2, -0.15) is 0 Å². The van der Waals surface area contributed by atoms with Gasteiger partial charge in [0.15, 0.2) is 0 Å². The average molecular weight is 234 g/mol. The van der Waals surface area contributed by atoms with Crippen molar-refractivity contribution in [3.8, 4) is 5.75 Å². The fourth-order valence-corrected chi connectivity index (χ4v) is 2.86. The SMILES string of the molecule is CC(C)C1(C(C)C)OC(=O)c2c(O)cccc21. The van der Waals surface area contributed by atoms with Gasteiger partial charge in [-0.15, -0.1) is 0 Å².